The zero-order valence-electron chi connectivity index (χ0n) is 16.1. The Morgan fingerprint density at radius 2 is 1.70 bits per heavy atom. The summed E-state index contributed by atoms with van der Waals surface area (Å²) in [6, 6.07) is 11.5. The Hall–Kier alpha value is -1.13. The van der Waals surface area contributed by atoms with Gasteiger partial charge in [0.15, 0.2) is 11.5 Å². The molecule has 0 atom stereocenters. The van der Waals surface area contributed by atoms with Gasteiger partial charge in [-0.25, -0.2) is 0 Å². The third-order valence-electron chi connectivity index (χ3n) is 3.89. The van der Waals surface area contributed by atoms with Crippen molar-refractivity contribution in [2.24, 2.45) is 5.92 Å². The molecule has 0 fully saturated rings. The van der Waals surface area contributed by atoms with Gasteiger partial charge in [0.2, 0.25) is 0 Å². The van der Waals surface area contributed by atoms with E-state index in [0.717, 1.165) is 30.6 Å². The predicted molar refractivity (Wildman–Crippen MR) is 117 cm³/mol. The van der Waals surface area contributed by atoms with Crippen LogP contribution in [0.25, 0.3) is 0 Å². The lowest BCUT2D eigenvalue weighted by Gasteiger charge is -2.16. The fourth-order valence-corrected chi connectivity index (χ4v) is 2.90. The van der Waals surface area contributed by atoms with Crippen LogP contribution in [0.3, 0.4) is 0 Å². The Kier molecular flexibility index (Phi) is 10.9. The van der Waals surface area contributed by atoms with Gasteiger partial charge in [0.25, 0.3) is 0 Å². The number of halogens is 3. The Morgan fingerprint density at radius 3 is 2.33 bits per heavy atom. The highest BCUT2D eigenvalue weighted by molar-refractivity contribution is 6.32. The minimum Gasteiger partial charge on any atom is -0.490 e. The van der Waals surface area contributed by atoms with Gasteiger partial charge in [0.1, 0.15) is 6.61 Å². The Bertz CT molecular complexity index is 691. The molecule has 0 saturated carbocycles. The largest absolute Gasteiger partial charge is 0.490 e. The molecule has 0 aromatic heterocycles. The first-order valence-electron chi connectivity index (χ1n) is 9.02. The van der Waals surface area contributed by atoms with Crippen molar-refractivity contribution < 1.29 is 9.47 Å². The van der Waals surface area contributed by atoms with E-state index >= 15 is 0 Å². The number of rotatable bonds is 10. The second-order valence-corrected chi connectivity index (χ2v) is 7.46. The summed E-state index contributed by atoms with van der Waals surface area (Å²) in [5, 5.41) is 4.71. The van der Waals surface area contributed by atoms with Crippen molar-refractivity contribution in [3.8, 4) is 11.5 Å². The molecule has 2 aromatic carbocycles. The highest BCUT2D eigenvalue weighted by Crippen LogP contribution is 2.37. The smallest absolute Gasteiger partial charge is 0.180 e. The first-order chi connectivity index (χ1) is 12.5. The molecule has 0 saturated heterocycles. The second-order valence-electron chi connectivity index (χ2n) is 6.61. The molecule has 0 radical (unpaired) electrons. The number of benzene rings is 2. The standard InChI is InChI=1S/C21H27Cl2NO2.ClH/c1-4-25-20-12-17(13-24-10-9-15(2)3)11-19(23)21(20)26-14-16-5-7-18(22)8-6-16;/h5-8,11-12,15,24H,4,9-10,13-14H2,1-3H3;1H. The lowest BCUT2D eigenvalue weighted by molar-refractivity contribution is 0.269. The van der Waals surface area contributed by atoms with Crippen molar-refractivity contribution in [2.45, 2.75) is 40.3 Å². The highest BCUT2D eigenvalue weighted by atomic mass is 35.5. The molecule has 2 rings (SSSR count). The summed E-state index contributed by atoms with van der Waals surface area (Å²) in [7, 11) is 0. The van der Waals surface area contributed by atoms with Crippen LogP contribution in [0.1, 0.15) is 38.3 Å². The van der Waals surface area contributed by atoms with Gasteiger partial charge < -0.3 is 14.8 Å². The first kappa shape index (κ1) is 23.9. The van der Waals surface area contributed by atoms with Crippen LogP contribution in [0.4, 0.5) is 0 Å². The van der Waals surface area contributed by atoms with E-state index in [0.29, 0.717) is 40.7 Å². The van der Waals surface area contributed by atoms with E-state index in [1.54, 1.807) is 0 Å². The summed E-state index contributed by atoms with van der Waals surface area (Å²) in [4.78, 5) is 0. The van der Waals surface area contributed by atoms with Gasteiger partial charge in [-0.1, -0.05) is 49.2 Å². The van der Waals surface area contributed by atoms with Crippen LogP contribution < -0.4 is 14.8 Å². The molecular formula is C21H28Cl3NO2. The molecule has 0 unspecified atom stereocenters. The first-order valence-corrected chi connectivity index (χ1v) is 9.78. The summed E-state index contributed by atoms with van der Waals surface area (Å²) in [6.07, 6.45) is 1.15. The van der Waals surface area contributed by atoms with Gasteiger partial charge in [-0.3, -0.25) is 0 Å². The molecule has 0 aliphatic heterocycles. The molecule has 150 valence electrons. The molecule has 0 bridgehead atoms. The maximum absolute atomic E-state index is 6.47. The lowest BCUT2D eigenvalue weighted by atomic mass is 10.1. The van der Waals surface area contributed by atoms with E-state index in [4.69, 9.17) is 32.7 Å². The van der Waals surface area contributed by atoms with Crippen molar-refractivity contribution in [3.05, 3.63) is 57.6 Å². The van der Waals surface area contributed by atoms with E-state index < -0.39 is 0 Å². The SMILES string of the molecule is CCOc1cc(CNCCC(C)C)cc(Cl)c1OCc1ccc(Cl)cc1.Cl. The van der Waals surface area contributed by atoms with E-state index in [2.05, 4.69) is 19.2 Å². The lowest BCUT2D eigenvalue weighted by Crippen LogP contribution is -2.16. The minimum absolute atomic E-state index is 0. The maximum atomic E-state index is 6.47. The van der Waals surface area contributed by atoms with Gasteiger partial charge in [-0.05, 0) is 61.2 Å². The van der Waals surface area contributed by atoms with E-state index in [1.807, 2.05) is 43.3 Å². The summed E-state index contributed by atoms with van der Waals surface area (Å²) in [5.41, 5.74) is 2.10. The molecule has 6 heteroatoms. The molecule has 0 amide bonds. The summed E-state index contributed by atoms with van der Waals surface area (Å²) in [5.74, 6) is 1.94. The van der Waals surface area contributed by atoms with Gasteiger partial charge in [0, 0.05) is 11.6 Å². The Balaban J connectivity index is 0.00000364. The van der Waals surface area contributed by atoms with E-state index in [9.17, 15) is 0 Å². The normalized spacial score (nSPS) is 10.6. The predicted octanol–water partition coefficient (Wildman–Crippen LogP) is 6.53. The monoisotopic (exact) mass is 431 g/mol. The molecule has 0 aliphatic rings. The van der Waals surface area contributed by atoms with Crippen molar-refractivity contribution in [1.29, 1.82) is 0 Å². The highest BCUT2D eigenvalue weighted by Gasteiger charge is 2.13. The van der Waals surface area contributed by atoms with Gasteiger partial charge in [0.05, 0.1) is 11.6 Å². The van der Waals surface area contributed by atoms with Crippen molar-refractivity contribution in [2.75, 3.05) is 13.2 Å². The summed E-state index contributed by atoms with van der Waals surface area (Å²) >= 11 is 12.4. The third kappa shape index (κ3) is 8.18. The molecule has 0 heterocycles. The molecule has 3 nitrogen and oxygen atoms in total. The number of ether oxygens (including phenoxy) is 2. The van der Waals surface area contributed by atoms with Gasteiger partial charge in [-0.2, -0.15) is 0 Å². The fourth-order valence-electron chi connectivity index (χ4n) is 2.49. The van der Waals surface area contributed by atoms with Crippen LogP contribution in [-0.2, 0) is 13.2 Å². The van der Waals surface area contributed by atoms with Crippen molar-refractivity contribution >= 4 is 35.6 Å². The van der Waals surface area contributed by atoms with Crippen molar-refractivity contribution in [3.63, 3.8) is 0 Å². The summed E-state index contributed by atoms with van der Waals surface area (Å²) < 4.78 is 11.7. The number of hydrogen-bond acceptors (Lipinski definition) is 3. The van der Waals surface area contributed by atoms with Gasteiger partial charge in [-0.15, -0.1) is 12.4 Å². The molecule has 2 aromatic rings. The zero-order chi connectivity index (χ0) is 18.9. The molecular weight excluding hydrogens is 405 g/mol. The van der Waals surface area contributed by atoms with Crippen LogP contribution >= 0.6 is 35.6 Å². The van der Waals surface area contributed by atoms with E-state index in [1.165, 1.54) is 0 Å². The molecule has 0 spiro atoms. The molecule has 1 N–H and O–H groups in total. The van der Waals surface area contributed by atoms with Crippen LogP contribution in [0, 0.1) is 5.92 Å². The van der Waals surface area contributed by atoms with E-state index in [-0.39, 0.29) is 12.4 Å². The molecule has 27 heavy (non-hydrogen) atoms. The minimum atomic E-state index is 0. The number of nitrogens with one attached hydrogen (secondary N) is 1. The average Bonchev–Trinajstić information content (AvgIpc) is 2.59. The zero-order valence-corrected chi connectivity index (χ0v) is 18.4. The quantitative estimate of drug-likeness (QED) is 0.433. The Morgan fingerprint density at radius 1 is 1.00 bits per heavy atom. The third-order valence-corrected chi connectivity index (χ3v) is 4.43. The van der Waals surface area contributed by atoms with Crippen LogP contribution in [0.2, 0.25) is 10.0 Å². The van der Waals surface area contributed by atoms with Crippen LogP contribution in [-0.4, -0.2) is 13.2 Å². The second kappa shape index (κ2) is 12.4. The average molecular weight is 433 g/mol. The molecule has 0 aliphatic carbocycles. The number of hydrogen-bond donors (Lipinski definition) is 1. The van der Waals surface area contributed by atoms with Crippen molar-refractivity contribution in [1.82, 2.24) is 5.32 Å². The topological polar surface area (TPSA) is 30.5 Å². The van der Waals surface area contributed by atoms with Crippen LogP contribution in [0.15, 0.2) is 36.4 Å². The van der Waals surface area contributed by atoms with Crippen LogP contribution in [0.5, 0.6) is 11.5 Å². The fraction of sp³-hybridized carbons (Fsp3) is 0.429. The maximum Gasteiger partial charge on any atom is 0.180 e. The Labute approximate surface area is 178 Å². The van der Waals surface area contributed by atoms with Gasteiger partial charge >= 0.3 is 0 Å². The summed E-state index contributed by atoms with van der Waals surface area (Å²) in [6.45, 7) is 9.08.